The number of thioether (sulfide) groups is 1. The predicted octanol–water partition coefficient (Wildman–Crippen LogP) is 3.23. The first kappa shape index (κ1) is 14.1. The molecule has 1 rings (SSSR count). The van der Waals surface area contributed by atoms with Crippen LogP contribution in [0.2, 0.25) is 0 Å². The minimum absolute atomic E-state index is 0.799. The van der Waals surface area contributed by atoms with Gasteiger partial charge in [0.1, 0.15) is 11.6 Å². The molecule has 0 aliphatic rings. The Morgan fingerprint density at radius 2 is 1.94 bits per heavy atom. The summed E-state index contributed by atoms with van der Waals surface area (Å²) in [5, 5.41) is 7.20. The van der Waals surface area contributed by atoms with Crippen LogP contribution in [0, 0.1) is 0 Å². The standard InChI is InChI=1S/C12H22N4S/c1-4-5-6-7-8-14-11-9-10(13-2)15-12(16-11)17-3/h9H,4-8H2,1-3H3,(H2,13,14,15,16). The lowest BCUT2D eigenvalue weighted by molar-refractivity contribution is 0.684. The SMILES string of the molecule is CCCCCCNc1cc(NC)nc(SC)n1. The molecule has 1 aromatic rings. The Bertz CT molecular complexity index is 308. The fourth-order valence-corrected chi connectivity index (χ4v) is 1.88. The van der Waals surface area contributed by atoms with Crippen molar-refractivity contribution >= 4 is 23.4 Å². The van der Waals surface area contributed by atoms with E-state index in [1.807, 2.05) is 19.4 Å². The second-order valence-electron chi connectivity index (χ2n) is 3.86. The number of anilines is 2. The highest BCUT2D eigenvalue weighted by Crippen LogP contribution is 2.16. The maximum Gasteiger partial charge on any atom is 0.191 e. The van der Waals surface area contributed by atoms with Crippen LogP contribution in [0.15, 0.2) is 11.2 Å². The van der Waals surface area contributed by atoms with Crippen LogP contribution in [-0.4, -0.2) is 29.8 Å². The maximum absolute atomic E-state index is 4.42. The Morgan fingerprint density at radius 1 is 1.18 bits per heavy atom. The Kier molecular flexibility index (Phi) is 6.77. The summed E-state index contributed by atoms with van der Waals surface area (Å²) in [6.07, 6.45) is 7.04. The smallest absolute Gasteiger partial charge is 0.191 e. The van der Waals surface area contributed by atoms with Crippen molar-refractivity contribution in [3.8, 4) is 0 Å². The van der Waals surface area contributed by atoms with E-state index in [0.717, 1.165) is 23.3 Å². The molecule has 0 fully saturated rings. The highest BCUT2D eigenvalue weighted by Gasteiger charge is 2.02. The van der Waals surface area contributed by atoms with Gasteiger partial charge < -0.3 is 10.6 Å². The largest absolute Gasteiger partial charge is 0.373 e. The fourth-order valence-electron chi connectivity index (χ4n) is 1.50. The molecule has 0 aromatic carbocycles. The average Bonchev–Trinajstić information content (AvgIpc) is 2.38. The molecule has 0 saturated carbocycles. The zero-order valence-electron chi connectivity index (χ0n) is 10.9. The van der Waals surface area contributed by atoms with E-state index in [-0.39, 0.29) is 0 Å². The van der Waals surface area contributed by atoms with Crippen molar-refractivity contribution in [2.24, 2.45) is 0 Å². The van der Waals surface area contributed by atoms with Gasteiger partial charge in [-0.1, -0.05) is 37.9 Å². The molecule has 0 spiro atoms. The van der Waals surface area contributed by atoms with Crippen LogP contribution in [0.1, 0.15) is 32.6 Å². The first-order valence-corrected chi connectivity index (χ1v) is 7.37. The molecule has 2 N–H and O–H groups in total. The molecule has 0 aliphatic carbocycles. The molecule has 96 valence electrons. The maximum atomic E-state index is 4.42. The number of hydrogen-bond donors (Lipinski definition) is 2. The molecule has 0 amide bonds. The molecule has 0 atom stereocenters. The van der Waals surface area contributed by atoms with Crippen molar-refractivity contribution in [2.75, 3.05) is 30.5 Å². The van der Waals surface area contributed by atoms with Crippen molar-refractivity contribution in [3.05, 3.63) is 6.07 Å². The fraction of sp³-hybridized carbons (Fsp3) is 0.667. The summed E-state index contributed by atoms with van der Waals surface area (Å²) in [6, 6.07) is 1.94. The molecule has 0 aliphatic heterocycles. The van der Waals surface area contributed by atoms with Crippen molar-refractivity contribution < 1.29 is 0 Å². The van der Waals surface area contributed by atoms with Crippen molar-refractivity contribution in [3.63, 3.8) is 0 Å². The van der Waals surface area contributed by atoms with Gasteiger partial charge in [-0.25, -0.2) is 9.97 Å². The quantitative estimate of drug-likeness (QED) is 0.424. The summed E-state index contributed by atoms with van der Waals surface area (Å²) >= 11 is 1.56. The number of nitrogens with one attached hydrogen (secondary N) is 2. The molecule has 0 radical (unpaired) electrons. The van der Waals surface area contributed by atoms with Crippen LogP contribution in [0.4, 0.5) is 11.6 Å². The van der Waals surface area contributed by atoms with E-state index in [1.54, 1.807) is 11.8 Å². The van der Waals surface area contributed by atoms with Gasteiger partial charge in [0.05, 0.1) is 0 Å². The molecular weight excluding hydrogens is 232 g/mol. The van der Waals surface area contributed by atoms with Gasteiger partial charge in [-0.3, -0.25) is 0 Å². The Hall–Kier alpha value is -0.970. The van der Waals surface area contributed by atoms with Gasteiger partial charge in [-0.05, 0) is 12.7 Å². The number of rotatable bonds is 8. The van der Waals surface area contributed by atoms with Gasteiger partial charge in [-0.2, -0.15) is 0 Å². The van der Waals surface area contributed by atoms with Crippen LogP contribution >= 0.6 is 11.8 Å². The monoisotopic (exact) mass is 254 g/mol. The molecule has 17 heavy (non-hydrogen) atoms. The van der Waals surface area contributed by atoms with E-state index < -0.39 is 0 Å². The van der Waals surface area contributed by atoms with Crippen LogP contribution in [0.5, 0.6) is 0 Å². The van der Waals surface area contributed by atoms with Gasteiger partial charge in [-0.15, -0.1) is 0 Å². The van der Waals surface area contributed by atoms with Crippen molar-refractivity contribution in [1.82, 2.24) is 9.97 Å². The molecule has 1 heterocycles. The van der Waals surface area contributed by atoms with E-state index in [4.69, 9.17) is 0 Å². The molecule has 5 heteroatoms. The summed E-state index contributed by atoms with van der Waals surface area (Å²) in [7, 11) is 1.87. The molecule has 0 saturated heterocycles. The lowest BCUT2D eigenvalue weighted by Crippen LogP contribution is -2.06. The predicted molar refractivity (Wildman–Crippen MR) is 76.0 cm³/mol. The Morgan fingerprint density at radius 3 is 2.59 bits per heavy atom. The second kappa shape index (κ2) is 8.17. The van der Waals surface area contributed by atoms with Crippen molar-refractivity contribution in [1.29, 1.82) is 0 Å². The van der Waals surface area contributed by atoms with Gasteiger partial charge in [0.25, 0.3) is 0 Å². The number of nitrogens with zero attached hydrogens (tertiary/aromatic N) is 2. The second-order valence-corrected chi connectivity index (χ2v) is 4.64. The first-order chi connectivity index (χ1) is 8.30. The lowest BCUT2D eigenvalue weighted by Gasteiger charge is -2.08. The number of hydrogen-bond acceptors (Lipinski definition) is 5. The molecule has 4 nitrogen and oxygen atoms in total. The molecule has 1 aromatic heterocycles. The number of aromatic nitrogens is 2. The van der Waals surface area contributed by atoms with E-state index in [9.17, 15) is 0 Å². The van der Waals surface area contributed by atoms with E-state index >= 15 is 0 Å². The van der Waals surface area contributed by atoms with Gasteiger partial charge in [0.15, 0.2) is 5.16 Å². The summed E-state index contributed by atoms with van der Waals surface area (Å²) in [5.74, 6) is 1.77. The van der Waals surface area contributed by atoms with Crippen LogP contribution < -0.4 is 10.6 Å². The molecule has 0 unspecified atom stereocenters. The summed E-state index contributed by atoms with van der Waals surface area (Å²) in [6.45, 7) is 3.20. The summed E-state index contributed by atoms with van der Waals surface area (Å²) in [4.78, 5) is 8.75. The van der Waals surface area contributed by atoms with Gasteiger partial charge >= 0.3 is 0 Å². The third kappa shape index (κ3) is 5.26. The minimum Gasteiger partial charge on any atom is -0.373 e. The zero-order valence-corrected chi connectivity index (χ0v) is 11.7. The Balaban J connectivity index is 2.46. The average molecular weight is 254 g/mol. The van der Waals surface area contributed by atoms with E-state index in [1.165, 1.54) is 25.7 Å². The van der Waals surface area contributed by atoms with E-state index in [0.29, 0.717) is 0 Å². The minimum atomic E-state index is 0.799. The van der Waals surface area contributed by atoms with Crippen molar-refractivity contribution in [2.45, 2.75) is 37.8 Å². The zero-order chi connectivity index (χ0) is 12.5. The topological polar surface area (TPSA) is 49.8 Å². The van der Waals surface area contributed by atoms with Crippen LogP contribution in [-0.2, 0) is 0 Å². The summed E-state index contributed by atoms with van der Waals surface area (Å²) < 4.78 is 0. The third-order valence-electron chi connectivity index (χ3n) is 2.48. The van der Waals surface area contributed by atoms with Gasteiger partial charge in [0, 0.05) is 19.7 Å². The molecule has 0 bridgehead atoms. The normalized spacial score (nSPS) is 10.3. The Labute approximate surface area is 108 Å². The molecular formula is C12H22N4S. The number of unbranched alkanes of at least 4 members (excludes halogenated alkanes) is 3. The first-order valence-electron chi connectivity index (χ1n) is 6.14. The lowest BCUT2D eigenvalue weighted by atomic mass is 10.2. The third-order valence-corrected chi connectivity index (χ3v) is 3.03. The van der Waals surface area contributed by atoms with Crippen LogP contribution in [0.25, 0.3) is 0 Å². The van der Waals surface area contributed by atoms with Crippen LogP contribution in [0.3, 0.4) is 0 Å². The highest BCUT2D eigenvalue weighted by molar-refractivity contribution is 7.98. The highest BCUT2D eigenvalue weighted by atomic mass is 32.2. The van der Waals surface area contributed by atoms with E-state index in [2.05, 4.69) is 27.5 Å². The van der Waals surface area contributed by atoms with Gasteiger partial charge in [0.2, 0.25) is 0 Å². The summed E-state index contributed by atoms with van der Waals surface area (Å²) in [5.41, 5.74) is 0.